The maximum atomic E-state index is 14.1. The third-order valence-corrected chi connectivity index (χ3v) is 8.23. The molecule has 0 bridgehead atoms. The van der Waals surface area contributed by atoms with E-state index >= 15 is 0 Å². The molecule has 0 N–H and O–H groups in total. The number of nitro groups is 1. The molecule has 12 heteroatoms. The summed E-state index contributed by atoms with van der Waals surface area (Å²) in [4.78, 5) is 43.7. The van der Waals surface area contributed by atoms with Crippen LogP contribution < -0.4 is 19.6 Å². The Balaban J connectivity index is 1.75. The van der Waals surface area contributed by atoms with Crippen LogP contribution in [0.5, 0.6) is 5.75 Å². The van der Waals surface area contributed by atoms with E-state index in [1.165, 1.54) is 28.0 Å². The molecular weight excluding hydrogens is 624 g/mol. The Morgan fingerprint density at radius 2 is 2.00 bits per heavy atom. The van der Waals surface area contributed by atoms with Gasteiger partial charge < -0.3 is 14.0 Å². The number of benzene rings is 2. The zero-order valence-electron chi connectivity index (χ0n) is 23.1. The van der Waals surface area contributed by atoms with Gasteiger partial charge in [-0.05, 0) is 55.8 Å². The van der Waals surface area contributed by atoms with Gasteiger partial charge in [0.05, 0.1) is 40.1 Å². The van der Waals surface area contributed by atoms with Crippen LogP contribution in [0.25, 0.3) is 11.8 Å². The van der Waals surface area contributed by atoms with Crippen molar-refractivity contribution in [2.24, 2.45) is 4.99 Å². The van der Waals surface area contributed by atoms with Crippen molar-refractivity contribution >= 4 is 45.0 Å². The third kappa shape index (κ3) is 5.47. The molecule has 5 rings (SSSR count). The first-order chi connectivity index (χ1) is 20.3. The number of methoxy groups -OCH3 is 1. The number of carbonyl (C=O) groups is 1. The highest BCUT2D eigenvalue weighted by Crippen LogP contribution is 2.38. The first kappa shape index (κ1) is 29.2. The van der Waals surface area contributed by atoms with Crippen molar-refractivity contribution in [2.45, 2.75) is 32.7 Å². The van der Waals surface area contributed by atoms with Crippen LogP contribution in [-0.4, -0.2) is 33.7 Å². The molecule has 2 aromatic heterocycles. The minimum Gasteiger partial charge on any atom is -0.496 e. The lowest BCUT2D eigenvalue weighted by Gasteiger charge is -2.27. The molecule has 0 spiro atoms. The van der Waals surface area contributed by atoms with E-state index in [0.29, 0.717) is 49.7 Å². The minimum atomic E-state index is -0.833. The molecule has 0 radical (unpaired) electrons. The Morgan fingerprint density at radius 1 is 1.19 bits per heavy atom. The van der Waals surface area contributed by atoms with E-state index in [9.17, 15) is 19.7 Å². The SMILES string of the molecule is CCCC1=C(C(=O)OCC)[C@@H](c2cc(Br)ccc2OC)n2c(s/c(=C/c3cccn3-c3cccc([N+](=O)[O-])c3)c2=O)=N1. The lowest BCUT2D eigenvalue weighted by atomic mass is 9.93. The normalized spacial score (nSPS) is 14.9. The van der Waals surface area contributed by atoms with Crippen molar-refractivity contribution in [2.75, 3.05) is 13.7 Å². The summed E-state index contributed by atoms with van der Waals surface area (Å²) in [6.45, 7) is 3.90. The summed E-state index contributed by atoms with van der Waals surface area (Å²) in [5.74, 6) is -0.0255. The Bertz CT molecular complexity index is 1900. The number of nitrogens with zero attached hydrogens (tertiary/aromatic N) is 4. The number of ether oxygens (including phenoxy) is 2. The van der Waals surface area contributed by atoms with E-state index in [2.05, 4.69) is 15.9 Å². The topological polar surface area (TPSA) is 118 Å². The fraction of sp³-hybridized carbons (Fsp3) is 0.233. The monoisotopic (exact) mass is 650 g/mol. The summed E-state index contributed by atoms with van der Waals surface area (Å²) in [5, 5.41) is 11.3. The molecule has 2 aromatic carbocycles. The van der Waals surface area contributed by atoms with Crippen molar-refractivity contribution in [3.8, 4) is 11.4 Å². The summed E-state index contributed by atoms with van der Waals surface area (Å²) in [5.41, 5.74) is 2.34. The van der Waals surface area contributed by atoms with Crippen molar-refractivity contribution in [1.29, 1.82) is 0 Å². The molecule has 0 unspecified atom stereocenters. The van der Waals surface area contributed by atoms with Crippen molar-refractivity contribution in [3.05, 3.63) is 118 Å². The quantitative estimate of drug-likeness (QED) is 0.142. The zero-order chi connectivity index (χ0) is 30.0. The summed E-state index contributed by atoms with van der Waals surface area (Å²) in [6.07, 6.45) is 4.75. The van der Waals surface area contributed by atoms with E-state index in [1.54, 1.807) is 55.1 Å². The van der Waals surface area contributed by atoms with Gasteiger partial charge in [0.1, 0.15) is 11.8 Å². The molecule has 1 atom stereocenters. The number of fused-ring (bicyclic) bond motifs is 1. The van der Waals surface area contributed by atoms with Gasteiger partial charge in [-0.2, -0.15) is 0 Å². The van der Waals surface area contributed by atoms with Crippen LogP contribution in [0.4, 0.5) is 5.69 Å². The maximum Gasteiger partial charge on any atom is 0.338 e. The second kappa shape index (κ2) is 12.3. The summed E-state index contributed by atoms with van der Waals surface area (Å²) < 4.78 is 15.6. The van der Waals surface area contributed by atoms with Crippen molar-refractivity contribution < 1.29 is 19.2 Å². The van der Waals surface area contributed by atoms with Gasteiger partial charge in [-0.1, -0.05) is 46.7 Å². The molecule has 42 heavy (non-hydrogen) atoms. The van der Waals surface area contributed by atoms with Gasteiger partial charge in [-0.25, -0.2) is 9.79 Å². The van der Waals surface area contributed by atoms with Gasteiger partial charge in [0.2, 0.25) is 0 Å². The standard InChI is InChI=1S/C30H27BrN4O6S/c1-4-8-23-26(29(37)41-5-2)27(22-15-18(31)12-13-24(22)40-3)34-28(36)25(42-30(34)32-23)17-20-11-7-14-33(20)19-9-6-10-21(16-19)35(38)39/h6-7,9-17,27H,4-5,8H2,1-3H3/b25-17+/t27-/m1/s1. The van der Waals surface area contributed by atoms with Crippen LogP contribution in [0.15, 0.2) is 86.3 Å². The highest BCUT2D eigenvalue weighted by molar-refractivity contribution is 9.10. The maximum absolute atomic E-state index is 14.1. The first-order valence-electron chi connectivity index (χ1n) is 13.2. The van der Waals surface area contributed by atoms with Crippen LogP contribution in [-0.2, 0) is 9.53 Å². The van der Waals surface area contributed by atoms with Gasteiger partial charge in [0, 0.05) is 34.1 Å². The number of halogens is 1. The lowest BCUT2D eigenvalue weighted by molar-refractivity contribution is -0.384. The highest BCUT2D eigenvalue weighted by atomic mass is 79.9. The van der Waals surface area contributed by atoms with Crippen LogP contribution >= 0.6 is 27.3 Å². The molecule has 0 saturated carbocycles. The van der Waals surface area contributed by atoms with Gasteiger partial charge in [0.25, 0.3) is 11.2 Å². The van der Waals surface area contributed by atoms with E-state index in [0.717, 1.165) is 10.9 Å². The molecule has 3 heterocycles. The van der Waals surface area contributed by atoms with Gasteiger partial charge in [-0.3, -0.25) is 19.5 Å². The van der Waals surface area contributed by atoms with E-state index in [4.69, 9.17) is 14.5 Å². The fourth-order valence-corrected chi connectivity index (χ4v) is 6.36. The predicted molar refractivity (Wildman–Crippen MR) is 163 cm³/mol. The fourth-order valence-electron chi connectivity index (χ4n) is 4.97. The third-order valence-electron chi connectivity index (χ3n) is 6.76. The average molecular weight is 652 g/mol. The first-order valence-corrected chi connectivity index (χ1v) is 14.9. The number of aromatic nitrogens is 2. The second-order valence-corrected chi connectivity index (χ2v) is 11.3. The number of esters is 1. The largest absolute Gasteiger partial charge is 0.496 e. The Kier molecular flexibility index (Phi) is 8.55. The number of nitro benzene ring substituents is 1. The number of hydrogen-bond donors (Lipinski definition) is 0. The van der Waals surface area contributed by atoms with Gasteiger partial charge in [0.15, 0.2) is 4.80 Å². The number of rotatable bonds is 9. The summed E-state index contributed by atoms with van der Waals surface area (Å²) in [6, 6.07) is 14.5. The number of thiazole rings is 1. The van der Waals surface area contributed by atoms with E-state index in [-0.39, 0.29) is 17.9 Å². The predicted octanol–water partition coefficient (Wildman–Crippen LogP) is 5.05. The average Bonchev–Trinajstić information content (AvgIpc) is 3.56. The highest BCUT2D eigenvalue weighted by Gasteiger charge is 2.36. The van der Waals surface area contributed by atoms with Crippen LogP contribution in [0.2, 0.25) is 0 Å². The van der Waals surface area contributed by atoms with Gasteiger partial charge in [-0.15, -0.1) is 0 Å². The molecule has 0 saturated heterocycles. The molecule has 0 amide bonds. The lowest BCUT2D eigenvalue weighted by Crippen LogP contribution is -2.40. The van der Waals surface area contributed by atoms with Crippen LogP contribution in [0.3, 0.4) is 0 Å². The molecule has 0 fully saturated rings. The Morgan fingerprint density at radius 3 is 2.71 bits per heavy atom. The molecule has 10 nitrogen and oxygen atoms in total. The van der Waals surface area contributed by atoms with E-state index < -0.39 is 16.9 Å². The Labute approximate surface area is 253 Å². The summed E-state index contributed by atoms with van der Waals surface area (Å²) >= 11 is 4.74. The summed E-state index contributed by atoms with van der Waals surface area (Å²) in [7, 11) is 1.54. The number of allylic oxidation sites excluding steroid dienone is 1. The molecule has 4 aromatic rings. The van der Waals surface area contributed by atoms with E-state index in [1.807, 2.05) is 25.1 Å². The number of hydrogen-bond acceptors (Lipinski definition) is 8. The number of carbonyl (C=O) groups excluding carboxylic acids is 1. The van der Waals surface area contributed by atoms with Crippen LogP contribution in [0, 0.1) is 10.1 Å². The van der Waals surface area contributed by atoms with Crippen LogP contribution in [0.1, 0.15) is 44.0 Å². The minimum absolute atomic E-state index is 0.0376. The zero-order valence-corrected chi connectivity index (χ0v) is 25.5. The molecule has 1 aliphatic heterocycles. The smallest absolute Gasteiger partial charge is 0.338 e. The Hall–Kier alpha value is -4.29. The molecular formula is C30H27BrN4O6S. The van der Waals surface area contributed by atoms with Crippen molar-refractivity contribution in [3.63, 3.8) is 0 Å². The van der Waals surface area contributed by atoms with Gasteiger partial charge >= 0.3 is 5.97 Å². The molecule has 1 aliphatic rings. The van der Waals surface area contributed by atoms with Crippen molar-refractivity contribution in [1.82, 2.24) is 9.13 Å². The number of non-ortho nitro benzene ring substituents is 1. The molecule has 216 valence electrons. The molecule has 0 aliphatic carbocycles. The second-order valence-electron chi connectivity index (χ2n) is 9.38.